The molecule has 544 valence electrons. The van der Waals surface area contributed by atoms with Crippen LogP contribution in [-0.2, 0) is 62.9 Å². The fourth-order valence-electron chi connectivity index (χ4n) is 4.06. The molecule has 0 saturated carbocycles. The third-order valence-electron chi connectivity index (χ3n) is 8.42. The number of rotatable bonds is 17. The molecule has 0 radical (unpaired) electrons. The number of aliphatic carboxylic acids is 2. The predicted molar refractivity (Wildman–Crippen MR) is 376 cm³/mol. The van der Waals surface area contributed by atoms with Crippen LogP contribution in [0.25, 0.3) is 0 Å². The number of amides is 1. The van der Waals surface area contributed by atoms with E-state index in [1.54, 1.807) is 73.3 Å². The van der Waals surface area contributed by atoms with Gasteiger partial charge in [-0.05, 0) is 153 Å². The van der Waals surface area contributed by atoms with Gasteiger partial charge in [-0.3, -0.25) is 32.3 Å². The van der Waals surface area contributed by atoms with E-state index in [0.717, 1.165) is 48.6 Å². The fraction of sp³-hybridized carbons (Fsp3) is 0.641. The van der Waals surface area contributed by atoms with Gasteiger partial charge in [0.1, 0.15) is 5.60 Å². The van der Waals surface area contributed by atoms with Gasteiger partial charge in [-0.2, -0.15) is 8.42 Å². The van der Waals surface area contributed by atoms with Crippen LogP contribution in [0.1, 0.15) is 195 Å². The minimum Gasteiger partial charge on any atom is -0.481 e. The monoisotopic (exact) mass is 1400 g/mol. The van der Waals surface area contributed by atoms with Gasteiger partial charge in [0, 0.05) is 80.6 Å². The molecular formula is C64H126N3O21P2S2+. The third kappa shape index (κ3) is 126. The van der Waals surface area contributed by atoms with Crippen molar-refractivity contribution < 1.29 is 104 Å². The van der Waals surface area contributed by atoms with Gasteiger partial charge < -0.3 is 64.7 Å². The number of carbonyl (C=O) groups is 5. The van der Waals surface area contributed by atoms with Crippen LogP contribution in [0.3, 0.4) is 0 Å². The number of Topliss-reactive ketones (excluding diaryl/α,β-unsaturated/α-hetero) is 1. The Morgan fingerprint density at radius 1 is 0.685 bits per heavy atom. The molecule has 11 N–H and O–H groups in total. The Hall–Kier alpha value is -4.79. The Kier molecular flexibility index (Phi) is 81.6. The Morgan fingerprint density at radius 2 is 1.07 bits per heavy atom. The maximum absolute atomic E-state index is 11.0. The van der Waals surface area contributed by atoms with Crippen molar-refractivity contribution in [2.24, 2.45) is 5.73 Å². The predicted octanol–water partition coefficient (Wildman–Crippen LogP) is 13.0. The molecular weight excluding hydrogens is 1270 g/mol. The molecule has 0 spiro atoms. The molecule has 1 unspecified atom stereocenters. The topological polar surface area (TPSA) is 393 Å². The number of ether oxygens (including phenoxy) is 3. The molecule has 24 nitrogen and oxygen atoms in total. The number of aromatic carboxylic acids is 1. The first-order valence-corrected chi connectivity index (χ1v) is 37.2. The van der Waals surface area contributed by atoms with Gasteiger partial charge in [-0.25, -0.2) is 9.59 Å². The van der Waals surface area contributed by atoms with Crippen molar-refractivity contribution in [2.45, 2.75) is 205 Å². The zero-order valence-corrected chi connectivity index (χ0v) is 64.0. The molecule has 92 heavy (non-hydrogen) atoms. The van der Waals surface area contributed by atoms with Crippen molar-refractivity contribution in [3.63, 3.8) is 0 Å². The highest BCUT2D eigenvalue weighted by molar-refractivity contribution is 7.85. The summed E-state index contributed by atoms with van der Waals surface area (Å²) in [5.74, 6) is -2.28. The van der Waals surface area contributed by atoms with E-state index in [1.807, 2.05) is 158 Å². The minimum absolute atomic E-state index is 0.0417. The number of hydrogen-bond donors (Lipinski definition) is 9. The first-order valence-electron chi connectivity index (χ1n) is 30.0. The van der Waals surface area contributed by atoms with Gasteiger partial charge >= 0.3 is 39.2 Å². The van der Waals surface area contributed by atoms with E-state index >= 15 is 0 Å². The molecule has 0 heterocycles. The minimum atomic E-state index is -3.67. The summed E-state index contributed by atoms with van der Waals surface area (Å²) in [5.41, 5.74) is 7.91. The molecule has 0 saturated heterocycles. The number of nitrogens with one attached hydrogen (secondary N) is 1. The van der Waals surface area contributed by atoms with Crippen molar-refractivity contribution >= 4 is 65.9 Å². The molecule has 3 rings (SSSR count). The van der Waals surface area contributed by atoms with Crippen LogP contribution in [-0.4, -0.2) is 168 Å². The first kappa shape index (κ1) is 109. The zero-order chi connectivity index (χ0) is 74.9. The lowest BCUT2D eigenvalue weighted by Crippen LogP contribution is -2.78. The number of carboxylic acid groups (broad SMARTS) is 3. The SMILES string of the molecule is CC(=O)c1ccccc1.CC(C)N.CC(C)NC(=O)OC(C)(C)C.CCCC(=O)O.CCCCC(=O)O.CCCS(=O)(=O)O.CCOC.CCOP(C)(=O)OCC.CC[NH2+]C.COC(C)(C)C.CP(=O)(O)O.Cc1ccc(S(C)=O)cc1.Cc1ccccc1C(=O)O. The Morgan fingerprint density at radius 3 is 1.25 bits per heavy atom. The van der Waals surface area contributed by atoms with Crippen LogP contribution in [0.2, 0.25) is 0 Å². The highest BCUT2D eigenvalue weighted by atomic mass is 32.2. The lowest BCUT2D eigenvalue weighted by Gasteiger charge is -2.20. The normalized spacial score (nSPS) is 10.4. The number of ketones is 1. The van der Waals surface area contributed by atoms with Crippen LogP contribution in [0.4, 0.5) is 4.79 Å². The van der Waals surface area contributed by atoms with Gasteiger partial charge in [-0.15, -0.1) is 0 Å². The number of hydrogen-bond acceptors (Lipinski definition) is 16. The number of aryl methyl sites for hydroxylation is 2. The molecule has 3 aromatic carbocycles. The maximum atomic E-state index is 11.0. The molecule has 0 fully saturated rings. The van der Waals surface area contributed by atoms with E-state index in [4.69, 9.17) is 53.9 Å². The lowest BCUT2D eigenvalue weighted by atomic mass is 10.1. The number of carbonyl (C=O) groups excluding carboxylic acids is 2. The van der Waals surface area contributed by atoms with Crippen LogP contribution in [0.15, 0.2) is 83.8 Å². The van der Waals surface area contributed by atoms with Crippen LogP contribution >= 0.6 is 15.2 Å². The summed E-state index contributed by atoms with van der Waals surface area (Å²) in [4.78, 5) is 67.5. The number of alkyl carbamates (subject to hydrolysis) is 1. The molecule has 0 aliphatic carbocycles. The highest BCUT2D eigenvalue weighted by Crippen LogP contribution is 2.43. The van der Waals surface area contributed by atoms with Crippen molar-refractivity contribution in [2.75, 3.05) is 73.0 Å². The molecule has 0 aromatic heterocycles. The second kappa shape index (κ2) is 69.1. The van der Waals surface area contributed by atoms with E-state index < -0.39 is 59.6 Å². The van der Waals surface area contributed by atoms with Crippen LogP contribution in [0.5, 0.6) is 0 Å². The Bertz CT molecular complexity index is 2420. The second-order valence-corrected chi connectivity index (χ2v) is 28.1. The summed E-state index contributed by atoms with van der Waals surface area (Å²) in [7, 11) is -5.40. The fourth-order valence-corrected chi connectivity index (χ4v) is 6.11. The number of nitrogens with two attached hydrogens (primary N) is 2. The standard InChI is InChI=1S/C8H17NO2.C8H8O2.C8H10OS.C8H8O.C5H13O3P.C5H10O2.C5H12O.C4H8O2.2C3H9N.C3H8O3S.C3H8O.CH5O3P/c1-6(2)9-7(10)11-8(3,4)5;1-6-4-2-3-5-7(6)8(9)10;1-7-3-5-8(6-4-7)10(2)9;1-7(9)8-5-3-2-4-6-8;1-4-7-9(3,6)8-5-2;1-2-3-4-5(6)7;1-5(2,3)6-4;1-2-3-4(5)6;1-3-4-2;1-3(2)4;1-2-3-7(4,5)6;1-3-4-2;1-5(2,3)4/h6H,1-5H3,(H,9,10);2-5H,1H3,(H,9,10);3-6H,1-2H3;2-6H,1H3;4-5H2,1-3H3;2-4H2,1H3,(H,6,7);1-4H3;2-3H2,1H3,(H,5,6);4H,3H2,1-2H3;3H,4H2,1-2H3;2-3H2,1H3,(H,4,5,6);3H2,1-2H3;1H3,(H2,2,3,4)/p+1. The maximum Gasteiger partial charge on any atom is 0.407 e. The van der Waals surface area contributed by atoms with Crippen LogP contribution < -0.4 is 16.4 Å². The molecule has 0 aliphatic rings. The number of methoxy groups -OCH3 is 2. The Balaban J connectivity index is -0.000000100. The van der Waals surface area contributed by atoms with E-state index in [-0.39, 0.29) is 29.3 Å². The van der Waals surface area contributed by atoms with Gasteiger partial charge in [0.25, 0.3) is 10.1 Å². The lowest BCUT2D eigenvalue weighted by molar-refractivity contribution is -0.623. The quantitative estimate of drug-likeness (QED) is 0.0344. The number of quaternary nitrogens is 1. The summed E-state index contributed by atoms with van der Waals surface area (Å²) < 4.78 is 82.8. The van der Waals surface area contributed by atoms with Gasteiger partial charge in [0.2, 0.25) is 0 Å². The number of unbranched alkanes of at least 4 members (excludes halogenated alkanes) is 1. The first-order chi connectivity index (χ1) is 41.9. The second-order valence-electron chi connectivity index (χ2n) is 21.4. The average Bonchev–Trinajstić information content (AvgIpc) is 1.45. The number of benzene rings is 3. The largest absolute Gasteiger partial charge is 0.481 e. The average molecular weight is 1400 g/mol. The zero-order valence-electron chi connectivity index (χ0n) is 60.6. The molecule has 3 aromatic rings. The van der Waals surface area contributed by atoms with E-state index in [2.05, 4.69) is 29.3 Å². The van der Waals surface area contributed by atoms with Crippen LogP contribution in [0, 0.1) is 13.8 Å². The number of carboxylic acids is 3. The van der Waals surface area contributed by atoms with Crippen molar-refractivity contribution in [3.8, 4) is 0 Å². The summed E-state index contributed by atoms with van der Waals surface area (Å²) in [6.45, 7) is 43.0. The smallest absolute Gasteiger partial charge is 0.407 e. The van der Waals surface area contributed by atoms with Gasteiger partial charge in [0.15, 0.2) is 5.78 Å². The summed E-state index contributed by atoms with van der Waals surface area (Å²) in [6, 6.07) is 24.3. The summed E-state index contributed by atoms with van der Waals surface area (Å²) in [6.07, 6.45) is 4.91. The van der Waals surface area contributed by atoms with Crippen molar-refractivity contribution in [1.29, 1.82) is 0 Å². The van der Waals surface area contributed by atoms with Crippen molar-refractivity contribution in [1.82, 2.24) is 5.32 Å². The molecule has 0 bridgehead atoms. The van der Waals surface area contributed by atoms with Gasteiger partial charge in [0.05, 0.1) is 43.7 Å². The molecule has 0 aliphatic heterocycles. The molecule has 1 amide bonds. The Labute approximate surface area is 557 Å². The van der Waals surface area contributed by atoms with E-state index in [9.17, 15) is 45.7 Å². The van der Waals surface area contributed by atoms with E-state index in [1.165, 1.54) is 18.8 Å². The summed E-state index contributed by atoms with van der Waals surface area (Å²) >= 11 is 0. The summed E-state index contributed by atoms with van der Waals surface area (Å²) in [5, 5.41) is 29.3. The van der Waals surface area contributed by atoms with Crippen molar-refractivity contribution in [3.05, 3.63) is 101 Å². The van der Waals surface area contributed by atoms with E-state index in [0.29, 0.717) is 44.1 Å². The molecule has 1 atom stereocenters. The molecule has 28 heteroatoms. The highest BCUT2D eigenvalue weighted by Gasteiger charge is 2.16. The third-order valence-corrected chi connectivity index (χ3v) is 11.7. The van der Waals surface area contributed by atoms with Gasteiger partial charge in [-0.1, -0.05) is 107 Å².